The van der Waals surface area contributed by atoms with Crippen LogP contribution in [0.1, 0.15) is 51.8 Å². The van der Waals surface area contributed by atoms with E-state index in [0.29, 0.717) is 24.9 Å². The number of ether oxygens (including phenoxy) is 1. The predicted molar refractivity (Wildman–Crippen MR) is 120 cm³/mol. The van der Waals surface area contributed by atoms with Crippen LogP contribution in [0.4, 0.5) is 0 Å². The topological polar surface area (TPSA) is 71.7 Å². The number of hydrogen-bond acceptors (Lipinski definition) is 4. The number of aliphatic imine (C=N–C) groups is 1. The summed E-state index contributed by atoms with van der Waals surface area (Å²) < 4.78 is 11.4. The first-order valence-electron chi connectivity index (χ1n) is 8.93. The number of benzene rings is 1. The van der Waals surface area contributed by atoms with Gasteiger partial charge in [-0.15, -0.1) is 24.0 Å². The lowest BCUT2D eigenvalue weighted by Gasteiger charge is -2.14. The SMILES string of the molecule is CN=C(NCc1ccc(OC(C)C)cc1)NCc1ncc(C(C)(C)C)o1.I. The van der Waals surface area contributed by atoms with Crippen LogP contribution in [0.5, 0.6) is 5.75 Å². The van der Waals surface area contributed by atoms with Gasteiger partial charge >= 0.3 is 0 Å². The first-order valence-corrected chi connectivity index (χ1v) is 8.93. The lowest BCUT2D eigenvalue weighted by Crippen LogP contribution is -2.36. The van der Waals surface area contributed by atoms with E-state index in [1.54, 1.807) is 13.2 Å². The summed E-state index contributed by atoms with van der Waals surface area (Å²) in [6.07, 6.45) is 1.96. The molecular formula is C20H31IN4O2. The van der Waals surface area contributed by atoms with Crippen LogP contribution in [0.3, 0.4) is 0 Å². The van der Waals surface area contributed by atoms with Crippen molar-refractivity contribution in [3.8, 4) is 5.75 Å². The molecule has 0 bridgehead atoms. The van der Waals surface area contributed by atoms with E-state index in [1.807, 2.05) is 38.1 Å². The molecule has 0 aliphatic rings. The lowest BCUT2D eigenvalue weighted by atomic mass is 9.94. The fraction of sp³-hybridized carbons (Fsp3) is 0.500. The Hall–Kier alpha value is -1.77. The maximum absolute atomic E-state index is 5.78. The minimum atomic E-state index is -0.0450. The standard InChI is InChI=1S/C20H30N4O2.HI/c1-14(2)25-16-9-7-15(8-10-16)11-23-19(21-6)24-13-18-22-12-17(26-18)20(3,4)5;/h7-10,12,14H,11,13H2,1-6H3,(H2,21,23,24);1H. The molecule has 7 heteroatoms. The number of nitrogens with one attached hydrogen (secondary N) is 2. The molecule has 2 rings (SSSR count). The summed E-state index contributed by atoms with van der Waals surface area (Å²) in [6.45, 7) is 11.5. The van der Waals surface area contributed by atoms with Gasteiger partial charge in [-0.05, 0) is 31.5 Å². The maximum Gasteiger partial charge on any atom is 0.213 e. The molecular weight excluding hydrogens is 455 g/mol. The summed E-state index contributed by atoms with van der Waals surface area (Å²) in [4.78, 5) is 8.55. The first-order chi connectivity index (χ1) is 12.3. The van der Waals surface area contributed by atoms with E-state index in [1.165, 1.54) is 0 Å². The molecule has 2 aromatic rings. The molecule has 0 aliphatic heterocycles. The van der Waals surface area contributed by atoms with Crippen LogP contribution in [0.15, 0.2) is 39.9 Å². The molecule has 0 spiro atoms. The van der Waals surface area contributed by atoms with Gasteiger partial charge in [0.05, 0.1) is 18.8 Å². The summed E-state index contributed by atoms with van der Waals surface area (Å²) in [6, 6.07) is 8.05. The zero-order valence-electron chi connectivity index (χ0n) is 17.0. The van der Waals surface area contributed by atoms with E-state index in [-0.39, 0.29) is 35.5 Å². The van der Waals surface area contributed by atoms with Crippen LogP contribution in [-0.4, -0.2) is 24.1 Å². The predicted octanol–water partition coefficient (Wildman–Crippen LogP) is 4.24. The normalized spacial score (nSPS) is 11.9. The van der Waals surface area contributed by atoms with Crippen LogP contribution < -0.4 is 15.4 Å². The molecule has 1 heterocycles. The third kappa shape index (κ3) is 7.78. The largest absolute Gasteiger partial charge is 0.491 e. The van der Waals surface area contributed by atoms with Gasteiger partial charge in [-0.2, -0.15) is 0 Å². The highest BCUT2D eigenvalue weighted by molar-refractivity contribution is 14.0. The van der Waals surface area contributed by atoms with Gasteiger partial charge in [-0.1, -0.05) is 32.9 Å². The molecule has 0 radical (unpaired) electrons. The second-order valence-corrected chi connectivity index (χ2v) is 7.46. The zero-order chi connectivity index (χ0) is 19.2. The second kappa shape index (κ2) is 10.5. The first kappa shape index (κ1) is 23.3. The monoisotopic (exact) mass is 486 g/mol. The van der Waals surface area contributed by atoms with Crippen molar-refractivity contribution in [2.24, 2.45) is 4.99 Å². The Kier molecular flexibility index (Phi) is 9.08. The molecule has 27 heavy (non-hydrogen) atoms. The van der Waals surface area contributed by atoms with Crippen molar-refractivity contribution in [1.82, 2.24) is 15.6 Å². The molecule has 150 valence electrons. The Bertz CT molecular complexity index is 718. The number of aromatic nitrogens is 1. The van der Waals surface area contributed by atoms with Gasteiger partial charge in [-0.25, -0.2) is 4.98 Å². The molecule has 0 saturated heterocycles. The number of oxazole rings is 1. The second-order valence-electron chi connectivity index (χ2n) is 7.46. The lowest BCUT2D eigenvalue weighted by molar-refractivity contribution is 0.242. The van der Waals surface area contributed by atoms with E-state index in [9.17, 15) is 0 Å². The van der Waals surface area contributed by atoms with Crippen molar-refractivity contribution < 1.29 is 9.15 Å². The van der Waals surface area contributed by atoms with Crippen LogP contribution >= 0.6 is 24.0 Å². The molecule has 0 fully saturated rings. The third-order valence-electron chi connectivity index (χ3n) is 3.68. The highest BCUT2D eigenvalue weighted by atomic mass is 127. The van der Waals surface area contributed by atoms with Crippen molar-refractivity contribution in [1.29, 1.82) is 0 Å². The fourth-order valence-corrected chi connectivity index (χ4v) is 2.26. The van der Waals surface area contributed by atoms with Crippen LogP contribution in [0.2, 0.25) is 0 Å². The summed E-state index contributed by atoms with van der Waals surface area (Å²) >= 11 is 0. The Morgan fingerprint density at radius 2 is 1.78 bits per heavy atom. The van der Waals surface area contributed by atoms with Gasteiger partial charge in [0.1, 0.15) is 11.5 Å². The van der Waals surface area contributed by atoms with Crippen LogP contribution in [-0.2, 0) is 18.5 Å². The molecule has 0 unspecified atom stereocenters. The van der Waals surface area contributed by atoms with E-state index in [2.05, 4.69) is 41.4 Å². The zero-order valence-corrected chi connectivity index (χ0v) is 19.3. The molecule has 0 amide bonds. The quantitative estimate of drug-likeness (QED) is 0.363. The number of guanidine groups is 1. The van der Waals surface area contributed by atoms with E-state index < -0.39 is 0 Å². The third-order valence-corrected chi connectivity index (χ3v) is 3.68. The molecule has 1 aromatic carbocycles. The summed E-state index contributed by atoms with van der Waals surface area (Å²) in [5.41, 5.74) is 1.10. The number of nitrogens with zero attached hydrogens (tertiary/aromatic N) is 2. The van der Waals surface area contributed by atoms with Crippen LogP contribution in [0, 0.1) is 0 Å². The Balaban J connectivity index is 0.00000364. The number of rotatable bonds is 6. The van der Waals surface area contributed by atoms with Gasteiger partial charge < -0.3 is 19.8 Å². The highest BCUT2D eigenvalue weighted by Crippen LogP contribution is 2.22. The highest BCUT2D eigenvalue weighted by Gasteiger charge is 2.19. The molecule has 0 aliphatic carbocycles. The van der Waals surface area contributed by atoms with Gasteiger partial charge in [0.25, 0.3) is 0 Å². The average molecular weight is 486 g/mol. The average Bonchev–Trinajstić information content (AvgIpc) is 3.05. The summed E-state index contributed by atoms with van der Waals surface area (Å²) in [5.74, 6) is 3.10. The molecule has 0 atom stereocenters. The van der Waals surface area contributed by atoms with E-state index >= 15 is 0 Å². The van der Waals surface area contributed by atoms with Crippen molar-refractivity contribution in [3.05, 3.63) is 47.7 Å². The van der Waals surface area contributed by atoms with Gasteiger partial charge in [0.15, 0.2) is 5.96 Å². The Morgan fingerprint density at radius 1 is 1.15 bits per heavy atom. The minimum absolute atomic E-state index is 0. The molecule has 1 aromatic heterocycles. The van der Waals surface area contributed by atoms with Crippen molar-refractivity contribution in [3.63, 3.8) is 0 Å². The molecule has 0 saturated carbocycles. The van der Waals surface area contributed by atoms with Crippen LogP contribution in [0.25, 0.3) is 0 Å². The summed E-state index contributed by atoms with van der Waals surface area (Å²) in [7, 11) is 1.74. The Labute approximate surface area is 179 Å². The van der Waals surface area contributed by atoms with Crippen molar-refractivity contribution in [2.75, 3.05) is 7.05 Å². The maximum atomic E-state index is 5.78. The Morgan fingerprint density at radius 3 is 2.30 bits per heavy atom. The molecule has 2 N–H and O–H groups in total. The van der Waals surface area contributed by atoms with E-state index in [4.69, 9.17) is 9.15 Å². The van der Waals surface area contributed by atoms with Gasteiger partial charge in [-0.3, -0.25) is 4.99 Å². The number of hydrogen-bond donors (Lipinski definition) is 2. The number of halogens is 1. The van der Waals surface area contributed by atoms with Crippen molar-refractivity contribution >= 4 is 29.9 Å². The van der Waals surface area contributed by atoms with Gasteiger partial charge in [0, 0.05) is 19.0 Å². The van der Waals surface area contributed by atoms with Gasteiger partial charge in [0.2, 0.25) is 5.89 Å². The smallest absolute Gasteiger partial charge is 0.213 e. The minimum Gasteiger partial charge on any atom is -0.491 e. The van der Waals surface area contributed by atoms with E-state index in [0.717, 1.165) is 17.1 Å². The fourth-order valence-electron chi connectivity index (χ4n) is 2.26. The molecule has 6 nitrogen and oxygen atoms in total. The van der Waals surface area contributed by atoms with Crippen molar-refractivity contribution in [2.45, 2.75) is 59.2 Å². The summed E-state index contributed by atoms with van der Waals surface area (Å²) in [5, 5.41) is 6.50.